The Morgan fingerprint density at radius 1 is 1.47 bits per heavy atom. The van der Waals surface area contributed by atoms with Crippen LogP contribution in [0.5, 0.6) is 5.75 Å². The molecule has 0 amide bonds. The van der Waals surface area contributed by atoms with Crippen molar-refractivity contribution in [2.45, 2.75) is 25.4 Å². The number of hydrogen-bond donors (Lipinski definition) is 1. The lowest BCUT2D eigenvalue weighted by Crippen LogP contribution is -1.98. The Bertz CT molecular complexity index is 338. The van der Waals surface area contributed by atoms with Crippen molar-refractivity contribution in [1.29, 1.82) is 0 Å². The molecule has 1 heterocycles. The molecule has 1 atom stereocenters. The fourth-order valence-electron chi connectivity index (χ4n) is 1.85. The first kappa shape index (κ1) is 10.8. The van der Waals surface area contributed by atoms with E-state index in [4.69, 9.17) is 16.3 Å². The number of benzene rings is 1. The van der Waals surface area contributed by atoms with Crippen LogP contribution in [0.2, 0.25) is 0 Å². The highest BCUT2D eigenvalue weighted by Crippen LogP contribution is 2.29. The molecule has 0 saturated heterocycles. The molecule has 3 heteroatoms. The van der Waals surface area contributed by atoms with Crippen molar-refractivity contribution in [3.05, 3.63) is 29.3 Å². The van der Waals surface area contributed by atoms with Gasteiger partial charge in [-0.2, -0.15) is 0 Å². The summed E-state index contributed by atoms with van der Waals surface area (Å²) in [6.07, 6.45) is 2.12. The van der Waals surface area contributed by atoms with E-state index in [1.807, 2.05) is 18.2 Å². The first-order valence-corrected chi connectivity index (χ1v) is 5.84. The number of halogens is 1. The van der Waals surface area contributed by atoms with Crippen molar-refractivity contribution in [2.24, 2.45) is 0 Å². The van der Waals surface area contributed by atoms with Gasteiger partial charge in [0.2, 0.25) is 0 Å². The van der Waals surface area contributed by atoms with E-state index < -0.39 is 6.10 Å². The molecule has 0 spiro atoms. The van der Waals surface area contributed by atoms with Crippen LogP contribution in [0.1, 0.15) is 30.1 Å². The summed E-state index contributed by atoms with van der Waals surface area (Å²) in [6, 6.07) is 5.92. The minimum atomic E-state index is -0.394. The first-order valence-electron chi connectivity index (χ1n) is 5.31. The van der Waals surface area contributed by atoms with Crippen LogP contribution in [0.15, 0.2) is 18.2 Å². The predicted molar refractivity (Wildman–Crippen MR) is 60.6 cm³/mol. The second-order valence-corrected chi connectivity index (χ2v) is 4.19. The van der Waals surface area contributed by atoms with Gasteiger partial charge in [0, 0.05) is 12.3 Å². The number of alkyl halides is 1. The molecule has 1 unspecified atom stereocenters. The van der Waals surface area contributed by atoms with E-state index in [1.54, 1.807) is 0 Å². The van der Waals surface area contributed by atoms with E-state index in [0.717, 1.165) is 37.2 Å². The van der Waals surface area contributed by atoms with Gasteiger partial charge in [0.15, 0.2) is 0 Å². The van der Waals surface area contributed by atoms with E-state index in [0.29, 0.717) is 5.88 Å². The topological polar surface area (TPSA) is 29.5 Å². The van der Waals surface area contributed by atoms with E-state index in [-0.39, 0.29) is 0 Å². The van der Waals surface area contributed by atoms with Crippen LogP contribution in [0.3, 0.4) is 0 Å². The van der Waals surface area contributed by atoms with Crippen LogP contribution < -0.4 is 4.74 Å². The third-order valence-electron chi connectivity index (χ3n) is 2.71. The van der Waals surface area contributed by atoms with E-state index in [9.17, 15) is 5.11 Å². The van der Waals surface area contributed by atoms with Crippen LogP contribution in [-0.2, 0) is 6.42 Å². The van der Waals surface area contributed by atoms with Gasteiger partial charge in [-0.1, -0.05) is 6.07 Å². The lowest BCUT2D eigenvalue weighted by molar-refractivity contribution is 0.166. The third-order valence-corrected chi connectivity index (χ3v) is 2.98. The van der Waals surface area contributed by atoms with Gasteiger partial charge in [-0.15, -0.1) is 11.6 Å². The van der Waals surface area contributed by atoms with Crippen LogP contribution >= 0.6 is 11.6 Å². The average Bonchev–Trinajstić information content (AvgIpc) is 2.72. The minimum Gasteiger partial charge on any atom is -0.493 e. The zero-order valence-corrected chi connectivity index (χ0v) is 9.33. The molecule has 0 saturated carbocycles. The molecule has 0 radical (unpaired) electrons. The second-order valence-electron chi connectivity index (χ2n) is 3.81. The quantitative estimate of drug-likeness (QED) is 0.800. The summed E-state index contributed by atoms with van der Waals surface area (Å²) in [4.78, 5) is 0. The summed E-state index contributed by atoms with van der Waals surface area (Å²) in [5.74, 6) is 1.56. The van der Waals surface area contributed by atoms with Gasteiger partial charge in [0.25, 0.3) is 0 Å². The number of hydrogen-bond acceptors (Lipinski definition) is 2. The molecule has 0 aliphatic carbocycles. The second kappa shape index (κ2) is 4.86. The van der Waals surface area contributed by atoms with Gasteiger partial charge in [-0.3, -0.25) is 0 Å². The SMILES string of the molecule is OC(CCCCl)c1ccc2c(c1)CCO2. The van der Waals surface area contributed by atoms with Gasteiger partial charge in [0.1, 0.15) is 5.75 Å². The molecule has 0 fully saturated rings. The Balaban J connectivity index is 2.08. The summed E-state index contributed by atoms with van der Waals surface area (Å²) in [5, 5.41) is 9.88. The molecule has 82 valence electrons. The Kier molecular flexibility index (Phi) is 3.49. The molecule has 1 N–H and O–H groups in total. The fourth-order valence-corrected chi connectivity index (χ4v) is 2.01. The van der Waals surface area contributed by atoms with Gasteiger partial charge >= 0.3 is 0 Å². The number of aliphatic hydroxyl groups excluding tert-OH is 1. The van der Waals surface area contributed by atoms with Gasteiger partial charge in [-0.25, -0.2) is 0 Å². The zero-order chi connectivity index (χ0) is 10.7. The highest BCUT2D eigenvalue weighted by molar-refractivity contribution is 6.17. The summed E-state index contributed by atoms with van der Waals surface area (Å²) >= 11 is 5.60. The molecule has 1 aromatic rings. The van der Waals surface area contributed by atoms with Gasteiger partial charge < -0.3 is 9.84 Å². The minimum absolute atomic E-state index is 0.394. The highest BCUT2D eigenvalue weighted by atomic mass is 35.5. The van der Waals surface area contributed by atoms with Crippen LogP contribution in [-0.4, -0.2) is 17.6 Å². The summed E-state index contributed by atoms with van der Waals surface area (Å²) in [7, 11) is 0. The van der Waals surface area contributed by atoms with Crippen molar-refractivity contribution in [1.82, 2.24) is 0 Å². The molecule has 15 heavy (non-hydrogen) atoms. The normalized spacial score (nSPS) is 15.9. The number of ether oxygens (including phenoxy) is 1. The van der Waals surface area contributed by atoms with Crippen LogP contribution in [0.25, 0.3) is 0 Å². The van der Waals surface area contributed by atoms with Gasteiger partial charge in [0.05, 0.1) is 12.7 Å². The monoisotopic (exact) mass is 226 g/mol. The van der Waals surface area contributed by atoms with Crippen LogP contribution in [0.4, 0.5) is 0 Å². The number of rotatable bonds is 4. The lowest BCUT2D eigenvalue weighted by atomic mass is 10.0. The molecular weight excluding hydrogens is 212 g/mol. The van der Waals surface area contributed by atoms with Crippen molar-refractivity contribution in [2.75, 3.05) is 12.5 Å². The molecular formula is C12H15ClO2. The Morgan fingerprint density at radius 3 is 3.13 bits per heavy atom. The van der Waals surface area contributed by atoms with Crippen LogP contribution in [0, 0.1) is 0 Å². The standard InChI is InChI=1S/C12H15ClO2/c13-6-1-2-11(14)9-3-4-12-10(8-9)5-7-15-12/h3-4,8,11,14H,1-2,5-7H2. The van der Waals surface area contributed by atoms with Crippen molar-refractivity contribution in [3.63, 3.8) is 0 Å². The van der Waals surface area contributed by atoms with Crippen molar-refractivity contribution in [3.8, 4) is 5.75 Å². The molecule has 0 aromatic heterocycles. The Labute approximate surface area is 94.8 Å². The molecule has 2 rings (SSSR count). The number of aliphatic hydroxyl groups is 1. The molecule has 1 aliphatic heterocycles. The van der Waals surface area contributed by atoms with E-state index >= 15 is 0 Å². The fraction of sp³-hybridized carbons (Fsp3) is 0.500. The molecule has 1 aliphatic rings. The van der Waals surface area contributed by atoms with Crippen molar-refractivity contribution >= 4 is 11.6 Å². The molecule has 1 aromatic carbocycles. The summed E-state index contributed by atoms with van der Waals surface area (Å²) in [6.45, 7) is 0.760. The molecule has 0 bridgehead atoms. The number of fused-ring (bicyclic) bond motifs is 1. The largest absolute Gasteiger partial charge is 0.493 e. The van der Waals surface area contributed by atoms with E-state index in [1.165, 1.54) is 5.56 Å². The lowest BCUT2D eigenvalue weighted by Gasteiger charge is -2.11. The van der Waals surface area contributed by atoms with Crippen molar-refractivity contribution < 1.29 is 9.84 Å². The maximum atomic E-state index is 9.88. The summed E-state index contributed by atoms with van der Waals surface area (Å²) in [5.41, 5.74) is 2.18. The predicted octanol–water partition coefficient (Wildman–Crippen LogP) is 2.67. The maximum Gasteiger partial charge on any atom is 0.122 e. The molecule has 2 nitrogen and oxygen atoms in total. The average molecular weight is 227 g/mol. The smallest absolute Gasteiger partial charge is 0.122 e. The Morgan fingerprint density at radius 2 is 2.33 bits per heavy atom. The zero-order valence-electron chi connectivity index (χ0n) is 8.58. The van der Waals surface area contributed by atoms with E-state index in [2.05, 4.69) is 0 Å². The summed E-state index contributed by atoms with van der Waals surface area (Å²) < 4.78 is 5.41. The Hall–Kier alpha value is -0.730. The van der Waals surface area contributed by atoms with Gasteiger partial charge in [-0.05, 0) is 36.1 Å². The highest BCUT2D eigenvalue weighted by Gasteiger charge is 2.14. The first-order chi connectivity index (χ1) is 7.31. The maximum absolute atomic E-state index is 9.88. The third kappa shape index (κ3) is 2.44.